The summed E-state index contributed by atoms with van der Waals surface area (Å²) in [4.78, 5) is 37.2. The number of hydrogen-bond donors (Lipinski definition) is 2. The number of amides is 2. The Labute approximate surface area is 123 Å². The molecule has 2 aliphatic carbocycles. The first-order valence-electron chi connectivity index (χ1n) is 7.90. The van der Waals surface area contributed by atoms with E-state index in [1.807, 2.05) is 0 Å². The molecule has 0 aromatic heterocycles. The number of likely N-dealkylation sites (tertiary alicyclic amines) is 1. The van der Waals surface area contributed by atoms with Crippen LogP contribution >= 0.6 is 0 Å². The van der Waals surface area contributed by atoms with E-state index < -0.39 is 5.97 Å². The molecule has 2 saturated carbocycles. The highest BCUT2D eigenvalue weighted by Gasteiger charge is 2.41. The summed E-state index contributed by atoms with van der Waals surface area (Å²) in [6, 6.07) is -0.404. The van der Waals surface area contributed by atoms with E-state index in [0.717, 1.165) is 25.7 Å². The van der Waals surface area contributed by atoms with Gasteiger partial charge in [-0.3, -0.25) is 14.4 Å². The van der Waals surface area contributed by atoms with Crippen molar-refractivity contribution in [2.45, 2.75) is 57.0 Å². The van der Waals surface area contributed by atoms with Gasteiger partial charge in [-0.15, -0.1) is 0 Å². The largest absolute Gasteiger partial charge is 0.481 e. The van der Waals surface area contributed by atoms with Gasteiger partial charge in [0.1, 0.15) is 6.04 Å². The smallest absolute Gasteiger partial charge is 0.306 e. The van der Waals surface area contributed by atoms with Crippen LogP contribution < -0.4 is 5.32 Å². The molecular weight excluding hydrogens is 272 g/mol. The lowest BCUT2D eigenvalue weighted by molar-refractivity contribution is -0.141. The Bertz CT molecular complexity index is 461. The van der Waals surface area contributed by atoms with Crippen molar-refractivity contribution < 1.29 is 19.5 Å². The number of hydrogen-bond acceptors (Lipinski definition) is 3. The quantitative estimate of drug-likeness (QED) is 0.801. The Morgan fingerprint density at radius 3 is 2.33 bits per heavy atom. The van der Waals surface area contributed by atoms with E-state index in [9.17, 15) is 14.4 Å². The maximum Gasteiger partial charge on any atom is 0.306 e. The molecule has 116 valence electrons. The molecule has 6 nitrogen and oxygen atoms in total. The number of carboxylic acids is 1. The Morgan fingerprint density at radius 1 is 1.00 bits per heavy atom. The molecule has 3 rings (SSSR count). The van der Waals surface area contributed by atoms with Gasteiger partial charge in [0.05, 0.1) is 5.92 Å². The van der Waals surface area contributed by atoms with Gasteiger partial charge in [0.2, 0.25) is 11.8 Å². The number of nitrogens with one attached hydrogen (secondary N) is 1. The highest BCUT2D eigenvalue weighted by molar-refractivity contribution is 5.90. The fourth-order valence-electron chi connectivity index (χ4n) is 3.50. The molecule has 0 aromatic rings. The Balaban J connectivity index is 1.55. The van der Waals surface area contributed by atoms with Gasteiger partial charge in [-0.25, -0.2) is 0 Å². The molecule has 3 atom stereocenters. The number of carbonyl (C=O) groups excluding carboxylic acids is 2. The SMILES string of the molecule is O=C(N[C@H]1CC[C@@H](C(=O)O)C1)C1CCCN1C(=O)C1CC1. The molecule has 0 spiro atoms. The Hall–Kier alpha value is -1.59. The molecule has 1 aliphatic heterocycles. The van der Waals surface area contributed by atoms with Crippen LogP contribution in [0.15, 0.2) is 0 Å². The third kappa shape index (κ3) is 3.04. The Kier molecular flexibility index (Phi) is 3.87. The summed E-state index contributed by atoms with van der Waals surface area (Å²) < 4.78 is 0. The van der Waals surface area contributed by atoms with Crippen molar-refractivity contribution >= 4 is 17.8 Å². The maximum atomic E-state index is 12.4. The normalized spacial score (nSPS) is 32.2. The van der Waals surface area contributed by atoms with Crippen LogP contribution in [0.1, 0.15) is 44.9 Å². The van der Waals surface area contributed by atoms with Gasteiger partial charge < -0.3 is 15.3 Å². The van der Waals surface area contributed by atoms with Crippen LogP contribution in [0.5, 0.6) is 0 Å². The second-order valence-electron chi connectivity index (χ2n) is 6.52. The number of carbonyl (C=O) groups is 3. The summed E-state index contributed by atoms with van der Waals surface area (Å²) >= 11 is 0. The van der Waals surface area contributed by atoms with Crippen LogP contribution in [0.4, 0.5) is 0 Å². The van der Waals surface area contributed by atoms with Gasteiger partial charge in [0.25, 0.3) is 0 Å². The van der Waals surface area contributed by atoms with Gasteiger partial charge in [-0.05, 0) is 44.9 Å². The van der Waals surface area contributed by atoms with Gasteiger partial charge in [0, 0.05) is 18.5 Å². The first-order valence-corrected chi connectivity index (χ1v) is 7.90. The average molecular weight is 294 g/mol. The highest BCUT2D eigenvalue weighted by Crippen LogP contribution is 2.34. The molecule has 1 unspecified atom stereocenters. The molecule has 3 fully saturated rings. The predicted molar refractivity (Wildman–Crippen MR) is 74.4 cm³/mol. The minimum Gasteiger partial charge on any atom is -0.481 e. The van der Waals surface area contributed by atoms with E-state index in [4.69, 9.17) is 5.11 Å². The van der Waals surface area contributed by atoms with Crippen LogP contribution in [0, 0.1) is 11.8 Å². The monoisotopic (exact) mass is 294 g/mol. The molecule has 2 N–H and O–H groups in total. The van der Waals surface area contributed by atoms with Crippen molar-refractivity contribution in [3.63, 3.8) is 0 Å². The topological polar surface area (TPSA) is 86.7 Å². The van der Waals surface area contributed by atoms with Gasteiger partial charge in [-0.2, -0.15) is 0 Å². The van der Waals surface area contributed by atoms with E-state index in [2.05, 4.69) is 5.32 Å². The lowest BCUT2D eigenvalue weighted by Crippen LogP contribution is -2.48. The minimum atomic E-state index is -0.779. The zero-order chi connectivity index (χ0) is 15.0. The summed E-state index contributed by atoms with van der Waals surface area (Å²) in [5, 5.41) is 11.9. The Morgan fingerprint density at radius 2 is 1.71 bits per heavy atom. The number of carboxylic acid groups (broad SMARTS) is 1. The second-order valence-corrected chi connectivity index (χ2v) is 6.52. The van der Waals surface area contributed by atoms with Crippen LogP contribution in [0.3, 0.4) is 0 Å². The number of rotatable bonds is 4. The molecule has 6 heteroatoms. The van der Waals surface area contributed by atoms with Crippen molar-refractivity contribution in [1.82, 2.24) is 10.2 Å². The van der Waals surface area contributed by atoms with Crippen molar-refractivity contribution in [2.75, 3.05) is 6.54 Å². The fourth-order valence-corrected chi connectivity index (χ4v) is 3.50. The van der Waals surface area contributed by atoms with Crippen molar-refractivity contribution in [2.24, 2.45) is 11.8 Å². The molecule has 0 radical (unpaired) electrons. The number of aliphatic carboxylic acids is 1. The highest BCUT2D eigenvalue weighted by atomic mass is 16.4. The fraction of sp³-hybridized carbons (Fsp3) is 0.800. The minimum absolute atomic E-state index is 0.0583. The van der Waals surface area contributed by atoms with Crippen molar-refractivity contribution in [3.8, 4) is 0 Å². The summed E-state index contributed by atoms with van der Waals surface area (Å²) in [6.07, 6.45) is 5.34. The average Bonchev–Trinajstić information content (AvgIpc) is 3.00. The van der Waals surface area contributed by atoms with Crippen molar-refractivity contribution in [1.29, 1.82) is 0 Å². The zero-order valence-corrected chi connectivity index (χ0v) is 12.1. The van der Waals surface area contributed by atoms with Crippen LogP contribution in [0.2, 0.25) is 0 Å². The van der Waals surface area contributed by atoms with Crippen molar-refractivity contribution in [3.05, 3.63) is 0 Å². The molecular formula is C15H22N2O4. The summed E-state index contributed by atoms with van der Waals surface area (Å²) in [5.74, 6) is -0.956. The molecule has 3 aliphatic rings. The first-order chi connectivity index (χ1) is 10.1. The van der Waals surface area contributed by atoms with Crippen LogP contribution in [-0.2, 0) is 14.4 Å². The lowest BCUT2D eigenvalue weighted by Gasteiger charge is -2.25. The standard InChI is InChI=1S/C15H22N2O4/c18-13(16-11-6-5-10(8-11)15(20)21)12-2-1-7-17(12)14(19)9-3-4-9/h9-12H,1-8H2,(H,16,18)(H,20,21)/t10-,11+,12?/m1/s1. The zero-order valence-electron chi connectivity index (χ0n) is 12.1. The third-order valence-electron chi connectivity index (χ3n) is 4.89. The summed E-state index contributed by atoms with van der Waals surface area (Å²) in [6.45, 7) is 0.676. The van der Waals surface area contributed by atoms with Gasteiger partial charge >= 0.3 is 5.97 Å². The summed E-state index contributed by atoms with van der Waals surface area (Å²) in [7, 11) is 0. The molecule has 21 heavy (non-hydrogen) atoms. The maximum absolute atomic E-state index is 12.4. The van der Waals surface area contributed by atoms with Crippen LogP contribution in [0.25, 0.3) is 0 Å². The lowest BCUT2D eigenvalue weighted by atomic mass is 10.1. The summed E-state index contributed by atoms with van der Waals surface area (Å²) in [5.41, 5.74) is 0. The van der Waals surface area contributed by atoms with E-state index in [1.165, 1.54) is 0 Å². The predicted octanol–water partition coefficient (Wildman–Crippen LogP) is 0.757. The second kappa shape index (κ2) is 5.66. The van der Waals surface area contributed by atoms with Gasteiger partial charge in [0.15, 0.2) is 0 Å². The molecule has 0 bridgehead atoms. The molecule has 1 heterocycles. The third-order valence-corrected chi connectivity index (χ3v) is 4.89. The molecule has 1 saturated heterocycles. The number of nitrogens with zero attached hydrogens (tertiary/aromatic N) is 1. The van der Waals surface area contributed by atoms with E-state index in [0.29, 0.717) is 25.8 Å². The molecule has 0 aromatic carbocycles. The first kappa shape index (κ1) is 14.4. The van der Waals surface area contributed by atoms with Crippen LogP contribution in [-0.4, -0.2) is 46.4 Å². The van der Waals surface area contributed by atoms with E-state index in [-0.39, 0.29) is 35.7 Å². The molecule has 2 amide bonds. The van der Waals surface area contributed by atoms with E-state index in [1.54, 1.807) is 4.90 Å². The van der Waals surface area contributed by atoms with Gasteiger partial charge in [-0.1, -0.05) is 0 Å². The van der Waals surface area contributed by atoms with E-state index >= 15 is 0 Å².